The SMILES string of the molecule is [2H]C([2H])(C)c1cccc2c3cccc(C([2H])([2H])C)c3n(-c3ccnc(-n4c5ccccc5c5ccc(Oc6cc(-c7cc(C)ccn7)cc(C(C)(C)C)c6)cc54)c3)c12. The van der Waals surface area contributed by atoms with Crippen LogP contribution in [0, 0.1) is 6.92 Å². The summed E-state index contributed by atoms with van der Waals surface area (Å²) in [6.45, 7) is 11.8. The highest BCUT2D eigenvalue weighted by molar-refractivity contribution is 6.12. The maximum Gasteiger partial charge on any atom is 0.139 e. The fraction of sp³-hybridized carbons (Fsp3) is 0.184. The van der Waals surface area contributed by atoms with Crippen LogP contribution in [-0.4, -0.2) is 19.1 Å². The third-order valence-corrected chi connectivity index (χ3v) is 10.4. The first-order valence-corrected chi connectivity index (χ1v) is 18.4. The van der Waals surface area contributed by atoms with Gasteiger partial charge < -0.3 is 9.30 Å². The Balaban J connectivity index is 1.25. The number of rotatable bonds is 7. The van der Waals surface area contributed by atoms with Gasteiger partial charge in [-0.3, -0.25) is 9.55 Å². The average Bonchev–Trinajstić information content (AvgIpc) is 3.69. The van der Waals surface area contributed by atoms with Gasteiger partial charge in [0, 0.05) is 57.1 Å². The fourth-order valence-corrected chi connectivity index (χ4v) is 7.78. The van der Waals surface area contributed by atoms with Crippen LogP contribution in [0.25, 0.3) is 66.4 Å². The van der Waals surface area contributed by atoms with Gasteiger partial charge in [0.05, 0.1) is 33.4 Å². The molecule has 0 spiro atoms. The topological polar surface area (TPSA) is 44.9 Å². The van der Waals surface area contributed by atoms with Gasteiger partial charge in [0.2, 0.25) is 0 Å². The Morgan fingerprint density at radius 1 is 0.611 bits per heavy atom. The lowest BCUT2D eigenvalue weighted by Gasteiger charge is -2.21. The van der Waals surface area contributed by atoms with Crippen LogP contribution in [0.3, 0.4) is 0 Å². The molecule has 0 amide bonds. The number of hydrogen-bond donors (Lipinski definition) is 0. The largest absolute Gasteiger partial charge is 0.457 e. The van der Waals surface area contributed by atoms with Crippen molar-refractivity contribution < 1.29 is 10.2 Å². The van der Waals surface area contributed by atoms with Gasteiger partial charge in [0.15, 0.2) is 0 Å². The zero-order valence-electron chi connectivity index (χ0n) is 35.4. The van der Waals surface area contributed by atoms with Gasteiger partial charge in [-0.05, 0) is 102 Å². The molecule has 4 aromatic heterocycles. The molecule has 0 aliphatic heterocycles. The normalized spacial score (nSPS) is 13.7. The van der Waals surface area contributed by atoms with Crippen LogP contribution in [0.4, 0.5) is 0 Å². The van der Waals surface area contributed by atoms with E-state index in [0.29, 0.717) is 33.7 Å². The molecule has 0 N–H and O–H groups in total. The number of para-hydroxylation sites is 3. The smallest absolute Gasteiger partial charge is 0.139 e. The molecule has 266 valence electrons. The summed E-state index contributed by atoms with van der Waals surface area (Å²) in [4.78, 5) is 9.63. The molecule has 9 aromatic rings. The van der Waals surface area contributed by atoms with Crippen molar-refractivity contribution in [2.45, 2.75) is 59.7 Å². The van der Waals surface area contributed by atoms with E-state index in [1.54, 1.807) is 20.0 Å². The summed E-state index contributed by atoms with van der Waals surface area (Å²) in [5.74, 6) is 2.05. The molecule has 9 rings (SSSR count). The third kappa shape index (κ3) is 5.63. The Kier molecular flexibility index (Phi) is 7.06. The van der Waals surface area contributed by atoms with Crippen molar-refractivity contribution in [2.24, 2.45) is 0 Å². The first-order valence-electron chi connectivity index (χ1n) is 20.4. The van der Waals surface area contributed by atoms with Gasteiger partial charge in [-0.15, -0.1) is 0 Å². The first-order chi connectivity index (χ1) is 27.6. The van der Waals surface area contributed by atoms with Crippen LogP contribution in [0.15, 0.2) is 134 Å². The fourth-order valence-electron chi connectivity index (χ4n) is 7.78. The lowest BCUT2D eigenvalue weighted by molar-refractivity contribution is 0.479. The molecule has 0 unspecified atom stereocenters. The summed E-state index contributed by atoms with van der Waals surface area (Å²) in [7, 11) is 0. The highest BCUT2D eigenvalue weighted by Crippen LogP contribution is 2.40. The second-order valence-electron chi connectivity index (χ2n) is 15.0. The Bertz CT molecular complexity index is 3000. The molecule has 0 atom stereocenters. The highest BCUT2D eigenvalue weighted by Gasteiger charge is 2.21. The van der Waals surface area contributed by atoms with Gasteiger partial charge >= 0.3 is 0 Å². The van der Waals surface area contributed by atoms with Crippen molar-refractivity contribution in [1.29, 1.82) is 0 Å². The van der Waals surface area contributed by atoms with Gasteiger partial charge in [0.25, 0.3) is 0 Å². The highest BCUT2D eigenvalue weighted by atomic mass is 16.5. The van der Waals surface area contributed by atoms with Crippen LogP contribution in [0.2, 0.25) is 0 Å². The monoisotopic (exact) mass is 708 g/mol. The molecule has 0 bridgehead atoms. The van der Waals surface area contributed by atoms with Crippen molar-refractivity contribution in [3.63, 3.8) is 0 Å². The second-order valence-corrected chi connectivity index (χ2v) is 15.0. The molecule has 0 fully saturated rings. The van der Waals surface area contributed by atoms with Crippen LogP contribution < -0.4 is 4.74 Å². The molecule has 54 heavy (non-hydrogen) atoms. The molecule has 0 radical (unpaired) electrons. The van der Waals surface area contributed by atoms with E-state index in [1.165, 1.54) is 0 Å². The number of fused-ring (bicyclic) bond motifs is 6. The minimum absolute atomic E-state index is 0.122. The van der Waals surface area contributed by atoms with E-state index in [4.69, 9.17) is 15.2 Å². The Labute approximate surface area is 322 Å². The zero-order valence-corrected chi connectivity index (χ0v) is 31.4. The van der Waals surface area contributed by atoms with E-state index in [9.17, 15) is 0 Å². The molecule has 0 saturated carbocycles. The van der Waals surface area contributed by atoms with Crippen LogP contribution in [-0.2, 0) is 18.2 Å². The van der Waals surface area contributed by atoms with E-state index in [2.05, 4.69) is 79.7 Å². The first kappa shape index (κ1) is 29.3. The maximum absolute atomic E-state index is 8.85. The maximum atomic E-state index is 8.85. The van der Waals surface area contributed by atoms with Gasteiger partial charge in [0.1, 0.15) is 17.3 Å². The molecule has 5 aromatic carbocycles. The molecule has 5 heteroatoms. The number of pyridine rings is 2. The van der Waals surface area contributed by atoms with E-state index in [-0.39, 0.29) is 5.41 Å². The van der Waals surface area contributed by atoms with Crippen molar-refractivity contribution in [3.8, 4) is 34.3 Å². The van der Waals surface area contributed by atoms with Gasteiger partial charge in [-0.2, -0.15) is 0 Å². The van der Waals surface area contributed by atoms with Gasteiger partial charge in [-0.25, -0.2) is 4.98 Å². The lowest BCUT2D eigenvalue weighted by atomic mass is 9.85. The molecule has 0 aliphatic rings. The number of ether oxygens (including phenoxy) is 1. The summed E-state index contributed by atoms with van der Waals surface area (Å²) in [6, 6.07) is 40.2. The van der Waals surface area contributed by atoms with Crippen molar-refractivity contribution in [3.05, 3.63) is 156 Å². The minimum atomic E-state index is -1.67. The standard InChI is InChI=1S/C49H44N4O/c1-7-32-13-11-16-41-42-17-12-14-33(8-2)48(42)52(47(32)41)36-22-24-51-46(29-36)53-44-18-10-9-15-39(44)40-20-19-37(30-45(40)53)54-38-27-34(26-35(28-38)49(4,5)6)43-25-31(3)21-23-50-43/h9-30H,7-8H2,1-6H3/i7D2,8D2. The Hall–Kier alpha value is -6.20. The Morgan fingerprint density at radius 3 is 2.00 bits per heavy atom. The van der Waals surface area contributed by atoms with E-state index in [0.717, 1.165) is 66.4 Å². The van der Waals surface area contributed by atoms with Gasteiger partial charge in [-0.1, -0.05) is 89.2 Å². The van der Waals surface area contributed by atoms with Crippen molar-refractivity contribution in [1.82, 2.24) is 19.1 Å². The predicted molar refractivity (Wildman–Crippen MR) is 225 cm³/mol. The molecule has 0 saturated heterocycles. The lowest BCUT2D eigenvalue weighted by Crippen LogP contribution is -2.11. The number of nitrogens with zero attached hydrogens (tertiary/aromatic N) is 4. The summed E-state index contributed by atoms with van der Waals surface area (Å²) in [5, 5.41) is 3.83. The molecule has 4 heterocycles. The van der Waals surface area contributed by atoms with Crippen molar-refractivity contribution >= 4 is 43.6 Å². The zero-order chi connectivity index (χ0) is 40.7. The van der Waals surface area contributed by atoms with E-state index in [1.807, 2.05) is 89.6 Å². The Morgan fingerprint density at radius 2 is 1.30 bits per heavy atom. The predicted octanol–water partition coefficient (Wildman–Crippen LogP) is 12.9. The average molecular weight is 709 g/mol. The van der Waals surface area contributed by atoms with Crippen LogP contribution in [0.5, 0.6) is 11.5 Å². The second kappa shape index (κ2) is 13.0. The number of aryl methyl sites for hydroxylation is 3. The van der Waals surface area contributed by atoms with E-state index < -0.39 is 12.7 Å². The molecule has 0 aliphatic carbocycles. The number of benzene rings is 5. The number of aromatic nitrogens is 4. The molecular weight excluding hydrogens is 661 g/mol. The summed E-state index contributed by atoms with van der Waals surface area (Å²) in [5.41, 5.74) is 9.13. The summed E-state index contributed by atoms with van der Waals surface area (Å²) < 4.78 is 46.3. The van der Waals surface area contributed by atoms with E-state index >= 15 is 0 Å². The third-order valence-electron chi connectivity index (χ3n) is 10.4. The summed E-state index contributed by atoms with van der Waals surface area (Å²) in [6.07, 6.45) is 0.279. The molecular formula is C49H44N4O. The minimum Gasteiger partial charge on any atom is -0.457 e. The summed E-state index contributed by atoms with van der Waals surface area (Å²) >= 11 is 0. The van der Waals surface area contributed by atoms with Crippen LogP contribution >= 0.6 is 0 Å². The molecule has 5 nitrogen and oxygen atoms in total. The number of hydrogen-bond acceptors (Lipinski definition) is 3. The van der Waals surface area contributed by atoms with Crippen LogP contribution in [0.1, 0.15) is 62.4 Å². The van der Waals surface area contributed by atoms with Crippen molar-refractivity contribution in [2.75, 3.05) is 0 Å². The quantitative estimate of drug-likeness (QED) is 0.166.